The molecule has 0 heterocycles. The fraction of sp³-hybridized carbons (Fsp3) is 0.231. The Morgan fingerprint density at radius 1 is 0.769 bits per heavy atom. The summed E-state index contributed by atoms with van der Waals surface area (Å²) in [5, 5.41) is 0. The molecule has 0 aromatic heterocycles. The van der Waals surface area contributed by atoms with E-state index in [4.69, 9.17) is 0 Å². The number of hydrogen-bond donors (Lipinski definition) is 0. The Balaban J connectivity index is 2.10. The third kappa shape index (κ3) is 4.14. The lowest BCUT2D eigenvalue weighted by Crippen LogP contribution is -2.10. The molecule has 0 heteroatoms. The molecule has 0 radical (unpaired) electrons. The average Bonchev–Trinajstić information content (AvgIpc) is 2.61. The molecular weight excluding hydrogens is 312 g/mol. The summed E-state index contributed by atoms with van der Waals surface area (Å²) in [6.45, 7) is 11.1. The van der Waals surface area contributed by atoms with E-state index in [1.165, 1.54) is 39.0 Å². The van der Waals surface area contributed by atoms with E-state index in [0.717, 1.165) is 0 Å². The molecule has 3 rings (SSSR count). The summed E-state index contributed by atoms with van der Waals surface area (Å²) in [6, 6.07) is 26.3. The van der Waals surface area contributed by atoms with E-state index >= 15 is 0 Å². The highest BCUT2D eigenvalue weighted by Crippen LogP contribution is 2.30. The van der Waals surface area contributed by atoms with Gasteiger partial charge in [0.05, 0.1) is 0 Å². The maximum absolute atomic E-state index is 2.30. The van der Waals surface area contributed by atoms with Crippen molar-refractivity contribution in [2.24, 2.45) is 0 Å². The quantitative estimate of drug-likeness (QED) is 0.443. The predicted molar refractivity (Wildman–Crippen MR) is 114 cm³/mol. The maximum atomic E-state index is 2.30. The second-order valence-corrected chi connectivity index (χ2v) is 8.11. The molecule has 0 amide bonds. The summed E-state index contributed by atoms with van der Waals surface area (Å²) in [5.41, 5.74) is 9.20. The molecule has 0 aliphatic heterocycles. The van der Waals surface area contributed by atoms with E-state index < -0.39 is 0 Å². The molecule has 0 N–H and O–H groups in total. The van der Waals surface area contributed by atoms with Gasteiger partial charge in [0.15, 0.2) is 0 Å². The molecule has 0 aliphatic rings. The Morgan fingerprint density at radius 3 is 2.00 bits per heavy atom. The molecule has 0 saturated carbocycles. The van der Waals surface area contributed by atoms with Crippen LogP contribution in [-0.2, 0) is 5.41 Å². The van der Waals surface area contributed by atoms with Crippen molar-refractivity contribution < 1.29 is 0 Å². The average molecular weight is 341 g/mol. The van der Waals surface area contributed by atoms with E-state index in [1.54, 1.807) is 0 Å². The first kappa shape index (κ1) is 18.2. The van der Waals surface area contributed by atoms with Crippen LogP contribution in [0.25, 0.3) is 11.6 Å². The molecular formula is C26H28. The van der Waals surface area contributed by atoms with E-state index in [-0.39, 0.29) is 5.41 Å². The summed E-state index contributed by atoms with van der Waals surface area (Å²) < 4.78 is 0. The monoisotopic (exact) mass is 340 g/mol. The van der Waals surface area contributed by atoms with Crippen LogP contribution in [0.2, 0.25) is 0 Å². The number of rotatable bonds is 3. The van der Waals surface area contributed by atoms with Gasteiger partial charge >= 0.3 is 0 Å². The fourth-order valence-electron chi connectivity index (χ4n) is 3.30. The van der Waals surface area contributed by atoms with Crippen LogP contribution >= 0.6 is 0 Å². The minimum Gasteiger partial charge on any atom is -0.0622 e. The number of aryl methyl sites for hydroxylation is 2. The summed E-state index contributed by atoms with van der Waals surface area (Å²) in [5.74, 6) is 0. The highest BCUT2D eigenvalue weighted by atomic mass is 14.2. The predicted octanol–water partition coefficient (Wildman–Crippen LogP) is 7.19. The second kappa shape index (κ2) is 7.33. The number of hydrogen-bond acceptors (Lipinski definition) is 0. The minimum absolute atomic E-state index is 0.179. The van der Waals surface area contributed by atoms with Crippen molar-refractivity contribution in [3.63, 3.8) is 0 Å². The van der Waals surface area contributed by atoms with Gasteiger partial charge in [0.25, 0.3) is 0 Å². The third-order valence-electron chi connectivity index (χ3n) is 4.84. The topological polar surface area (TPSA) is 0 Å². The molecule has 3 aromatic carbocycles. The van der Waals surface area contributed by atoms with Crippen LogP contribution in [0.3, 0.4) is 0 Å². The molecule has 0 saturated heterocycles. The first-order valence-corrected chi connectivity index (χ1v) is 9.30. The van der Waals surface area contributed by atoms with Crippen LogP contribution in [0, 0.1) is 13.8 Å². The van der Waals surface area contributed by atoms with Gasteiger partial charge in [-0.3, -0.25) is 0 Å². The lowest BCUT2D eigenvalue weighted by molar-refractivity contribution is 0.590. The van der Waals surface area contributed by atoms with Crippen LogP contribution in [0.5, 0.6) is 0 Å². The van der Waals surface area contributed by atoms with E-state index in [9.17, 15) is 0 Å². The first-order valence-electron chi connectivity index (χ1n) is 9.30. The molecule has 0 fully saturated rings. The lowest BCUT2D eigenvalue weighted by atomic mass is 9.86. The van der Waals surface area contributed by atoms with E-state index in [1.807, 2.05) is 0 Å². The van der Waals surface area contributed by atoms with Gasteiger partial charge in [-0.25, -0.2) is 0 Å². The van der Waals surface area contributed by atoms with Gasteiger partial charge in [-0.2, -0.15) is 0 Å². The molecule has 0 unspecified atom stereocenters. The Morgan fingerprint density at radius 2 is 1.42 bits per heavy atom. The smallest absolute Gasteiger partial charge is 0.0103 e. The molecule has 0 aliphatic carbocycles. The number of benzene rings is 3. The molecule has 0 atom stereocenters. The maximum Gasteiger partial charge on any atom is -0.0103 e. The highest BCUT2D eigenvalue weighted by molar-refractivity contribution is 5.92. The summed E-state index contributed by atoms with van der Waals surface area (Å²) in [6.07, 6.45) is 2.30. The zero-order valence-electron chi connectivity index (χ0n) is 16.5. The minimum atomic E-state index is 0.179. The van der Waals surface area contributed by atoms with Crippen LogP contribution < -0.4 is 0 Å². The van der Waals surface area contributed by atoms with Gasteiger partial charge in [-0.05, 0) is 58.7 Å². The Bertz CT molecular complexity index is 905. The molecule has 0 spiro atoms. The summed E-state index contributed by atoms with van der Waals surface area (Å²) >= 11 is 0. The van der Waals surface area contributed by atoms with Gasteiger partial charge in [0.2, 0.25) is 0 Å². The van der Waals surface area contributed by atoms with Gasteiger partial charge < -0.3 is 0 Å². The Labute approximate surface area is 158 Å². The SMILES string of the molecule is Cc1ccc(/C(=C/c2ccc(C(C)(C)C)cc2)c2ccccc2)c(C)c1. The Hall–Kier alpha value is -2.60. The zero-order valence-corrected chi connectivity index (χ0v) is 16.5. The molecule has 3 aromatic rings. The van der Waals surface area contributed by atoms with Crippen molar-refractivity contribution in [1.82, 2.24) is 0 Å². The first-order chi connectivity index (χ1) is 12.3. The van der Waals surface area contributed by atoms with Crippen molar-refractivity contribution in [1.29, 1.82) is 0 Å². The van der Waals surface area contributed by atoms with Gasteiger partial charge in [-0.1, -0.05) is 99.1 Å². The van der Waals surface area contributed by atoms with Crippen molar-refractivity contribution >= 4 is 11.6 Å². The fourth-order valence-corrected chi connectivity index (χ4v) is 3.30. The highest BCUT2D eigenvalue weighted by Gasteiger charge is 2.13. The summed E-state index contributed by atoms with van der Waals surface area (Å²) in [4.78, 5) is 0. The largest absolute Gasteiger partial charge is 0.0622 e. The molecule has 0 nitrogen and oxygen atoms in total. The van der Waals surface area contributed by atoms with Crippen molar-refractivity contribution in [2.75, 3.05) is 0 Å². The molecule has 26 heavy (non-hydrogen) atoms. The van der Waals surface area contributed by atoms with Crippen molar-refractivity contribution in [3.05, 3.63) is 106 Å². The lowest BCUT2D eigenvalue weighted by Gasteiger charge is -2.19. The van der Waals surface area contributed by atoms with Crippen LogP contribution in [-0.4, -0.2) is 0 Å². The van der Waals surface area contributed by atoms with Crippen molar-refractivity contribution in [3.8, 4) is 0 Å². The second-order valence-electron chi connectivity index (χ2n) is 8.11. The van der Waals surface area contributed by atoms with Gasteiger partial charge in [0, 0.05) is 0 Å². The van der Waals surface area contributed by atoms with E-state index in [2.05, 4.69) is 113 Å². The van der Waals surface area contributed by atoms with Crippen molar-refractivity contribution in [2.45, 2.75) is 40.0 Å². The van der Waals surface area contributed by atoms with Crippen LogP contribution in [0.15, 0.2) is 72.8 Å². The zero-order chi connectivity index (χ0) is 18.7. The summed E-state index contributed by atoms with van der Waals surface area (Å²) in [7, 11) is 0. The normalized spacial score (nSPS) is 12.3. The molecule has 0 bridgehead atoms. The third-order valence-corrected chi connectivity index (χ3v) is 4.84. The van der Waals surface area contributed by atoms with Crippen LogP contribution in [0.4, 0.5) is 0 Å². The van der Waals surface area contributed by atoms with Gasteiger partial charge in [0.1, 0.15) is 0 Å². The van der Waals surface area contributed by atoms with Gasteiger partial charge in [-0.15, -0.1) is 0 Å². The van der Waals surface area contributed by atoms with Crippen LogP contribution in [0.1, 0.15) is 54.2 Å². The van der Waals surface area contributed by atoms with E-state index in [0.29, 0.717) is 0 Å². The standard InChI is InChI=1S/C26H28/c1-19-11-16-24(20(2)17-19)25(22-9-7-6-8-10-22)18-21-12-14-23(15-13-21)26(3,4)5/h6-18H,1-5H3/b25-18+. The Kier molecular flexibility index (Phi) is 5.13. The molecule has 132 valence electrons.